The summed E-state index contributed by atoms with van der Waals surface area (Å²) in [5.41, 5.74) is 2.23. The van der Waals surface area contributed by atoms with Crippen LogP contribution in [0.25, 0.3) is 0 Å². The molecular weight excluding hydrogens is 416 g/mol. The minimum Gasteiger partial charge on any atom is -0.376 e. The average Bonchev–Trinajstić information content (AvgIpc) is 2.77. The molecular formula is C26H36N4O3. The third kappa shape index (κ3) is 8.60. The van der Waals surface area contributed by atoms with Crippen molar-refractivity contribution in [3.8, 4) is 0 Å². The van der Waals surface area contributed by atoms with Crippen LogP contribution >= 0.6 is 0 Å². The number of rotatable bonds is 10. The van der Waals surface area contributed by atoms with Crippen molar-refractivity contribution in [1.29, 1.82) is 0 Å². The molecule has 0 unspecified atom stereocenters. The first kappa shape index (κ1) is 25.9. The normalized spacial score (nSPS) is 10.9. The quantitative estimate of drug-likeness (QED) is 0.494. The van der Waals surface area contributed by atoms with Gasteiger partial charge in [0, 0.05) is 41.1 Å². The Morgan fingerprint density at radius 1 is 0.788 bits per heavy atom. The molecule has 0 saturated carbocycles. The van der Waals surface area contributed by atoms with Gasteiger partial charge in [-0.3, -0.25) is 14.4 Å². The molecule has 7 nitrogen and oxygen atoms in total. The summed E-state index contributed by atoms with van der Waals surface area (Å²) in [6.07, 6.45) is 1.85. The molecule has 0 aliphatic heterocycles. The summed E-state index contributed by atoms with van der Waals surface area (Å²) in [7, 11) is 0. The van der Waals surface area contributed by atoms with Crippen LogP contribution in [0.15, 0.2) is 48.5 Å². The fourth-order valence-electron chi connectivity index (χ4n) is 3.27. The van der Waals surface area contributed by atoms with Crippen LogP contribution in [-0.4, -0.2) is 47.8 Å². The molecule has 3 N–H and O–H groups in total. The van der Waals surface area contributed by atoms with Gasteiger partial charge in [-0.25, -0.2) is 0 Å². The standard InChI is InChI=1S/C26H36N4O3/c1-6-16-30(17-7-2)25(33)20-10-12-21(13-11-20)27-18-23(31)28-22-14-8-19(9-15-22)24(32)29-26(3,4)5/h8-15,27H,6-7,16-18H2,1-5H3,(H,28,31)(H,29,32). The lowest BCUT2D eigenvalue weighted by Gasteiger charge is -2.21. The first-order valence-corrected chi connectivity index (χ1v) is 11.5. The van der Waals surface area contributed by atoms with E-state index in [0.717, 1.165) is 31.6 Å². The highest BCUT2D eigenvalue weighted by atomic mass is 16.2. The van der Waals surface area contributed by atoms with Gasteiger partial charge in [0.1, 0.15) is 0 Å². The zero-order chi connectivity index (χ0) is 24.4. The number of hydrogen-bond acceptors (Lipinski definition) is 4. The van der Waals surface area contributed by atoms with Gasteiger partial charge in [-0.15, -0.1) is 0 Å². The molecule has 2 aromatic rings. The summed E-state index contributed by atoms with van der Waals surface area (Å²) in [5, 5.41) is 8.77. The monoisotopic (exact) mass is 452 g/mol. The molecule has 33 heavy (non-hydrogen) atoms. The summed E-state index contributed by atoms with van der Waals surface area (Å²) in [4.78, 5) is 39.0. The van der Waals surface area contributed by atoms with Crippen LogP contribution in [0.5, 0.6) is 0 Å². The predicted octanol–water partition coefficient (Wildman–Crippen LogP) is 4.53. The fraction of sp³-hybridized carbons (Fsp3) is 0.423. The Hall–Kier alpha value is -3.35. The van der Waals surface area contributed by atoms with Crippen LogP contribution in [0, 0.1) is 0 Å². The van der Waals surface area contributed by atoms with Crippen LogP contribution in [0.2, 0.25) is 0 Å². The molecule has 0 radical (unpaired) electrons. The molecule has 0 fully saturated rings. The molecule has 0 saturated heterocycles. The van der Waals surface area contributed by atoms with Gasteiger partial charge in [0.15, 0.2) is 0 Å². The van der Waals surface area contributed by atoms with E-state index < -0.39 is 0 Å². The lowest BCUT2D eigenvalue weighted by molar-refractivity contribution is -0.114. The summed E-state index contributed by atoms with van der Waals surface area (Å²) >= 11 is 0. The predicted molar refractivity (Wildman–Crippen MR) is 134 cm³/mol. The van der Waals surface area contributed by atoms with E-state index in [2.05, 4.69) is 29.8 Å². The molecule has 0 bridgehead atoms. The van der Waals surface area contributed by atoms with Crippen LogP contribution in [0.1, 0.15) is 68.2 Å². The number of benzene rings is 2. The van der Waals surface area contributed by atoms with Gasteiger partial charge >= 0.3 is 0 Å². The maximum atomic E-state index is 12.7. The van der Waals surface area contributed by atoms with Crippen molar-refractivity contribution in [2.45, 2.75) is 53.0 Å². The van der Waals surface area contributed by atoms with Crippen LogP contribution in [0.3, 0.4) is 0 Å². The maximum Gasteiger partial charge on any atom is 0.253 e. The smallest absolute Gasteiger partial charge is 0.253 e. The third-order valence-corrected chi connectivity index (χ3v) is 4.78. The second-order valence-corrected chi connectivity index (χ2v) is 9.05. The zero-order valence-electron chi connectivity index (χ0n) is 20.3. The van der Waals surface area contributed by atoms with Crippen LogP contribution < -0.4 is 16.0 Å². The first-order valence-electron chi connectivity index (χ1n) is 11.5. The fourth-order valence-corrected chi connectivity index (χ4v) is 3.27. The number of anilines is 2. The maximum absolute atomic E-state index is 12.7. The van der Waals surface area contributed by atoms with Crippen LogP contribution in [0.4, 0.5) is 11.4 Å². The van der Waals surface area contributed by atoms with Gasteiger partial charge in [-0.2, -0.15) is 0 Å². The molecule has 178 valence electrons. The van der Waals surface area contributed by atoms with Gasteiger partial charge in [0.2, 0.25) is 5.91 Å². The molecule has 0 spiro atoms. The summed E-state index contributed by atoms with van der Waals surface area (Å²) < 4.78 is 0. The van der Waals surface area contributed by atoms with Gasteiger partial charge in [-0.05, 0) is 82.1 Å². The number of hydrogen-bond donors (Lipinski definition) is 3. The van der Waals surface area contributed by atoms with Crippen molar-refractivity contribution in [1.82, 2.24) is 10.2 Å². The van der Waals surface area contributed by atoms with E-state index in [4.69, 9.17) is 0 Å². The van der Waals surface area contributed by atoms with E-state index in [1.54, 1.807) is 48.5 Å². The summed E-state index contributed by atoms with van der Waals surface area (Å²) in [5.74, 6) is -0.335. The topological polar surface area (TPSA) is 90.5 Å². The van der Waals surface area contributed by atoms with Gasteiger partial charge < -0.3 is 20.9 Å². The Morgan fingerprint density at radius 2 is 1.30 bits per heavy atom. The highest BCUT2D eigenvalue weighted by Crippen LogP contribution is 2.14. The number of amides is 3. The second-order valence-electron chi connectivity index (χ2n) is 9.05. The van der Waals surface area contributed by atoms with Gasteiger partial charge in [-0.1, -0.05) is 13.8 Å². The lowest BCUT2D eigenvalue weighted by Crippen LogP contribution is -2.40. The van der Waals surface area contributed by atoms with Crippen molar-refractivity contribution in [2.24, 2.45) is 0 Å². The highest BCUT2D eigenvalue weighted by molar-refractivity contribution is 5.97. The molecule has 3 amide bonds. The molecule has 0 aliphatic rings. The van der Waals surface area contributed by atoms with Crippen molar-refractivity contribution in [3.05, 3.63) is 59.7 Å². The molecule has 2 rings (SSSR count). The van der Waals surface area contributed by atoms with E-state index in [0.29, 0.717) is 16.8 Å². The highest BCUT2D eigenvalue weighted by Gasteiger charge is 2.16. The Morgan fingerprint density at radius 3 is 1.82 bits per heavy atom. The molecule has 0 heterocycles. The van der Waals surface area contributed by atoms with Gasteiger partial charge in [0.25, 0.3) is 11.8 Å². The average molecular weight is 453 g/mol. The summed E-state index contributed by atoms with van der Waals surface area (Å²) in [6, 6.07) is 13.9. The minimum atomic E-state index is -0.314. The molecule has 0 aliphatic carbocycles. The van der Waals surface area contributed by atoms with Gasteiger partial charge in [0.05, 0.1) is 6.54 Å². The number of carbonyl (C=O) groups is 3. The van der Waals surface area contributed by atoms with Crippen molar-refractivity contribution in [2.75, 3.05) is 30.3 Å². The van der Waals surface area contributed by atoms with E-state index >= 15 is 0 Å². The van der Waals surface area contributed by atoms with E-state index in [1.165, 1.54) is 0 Å². The Kier molecular flexibility index (Phi) is 9.45. The molecule has 0 atom stereocenters. The lowest BCUT2D eigenvalue weighted by atomic mass is 10.1. The minimum absolute atomic E-state index is 0.0302. The van der Waals surface area contributed by atoms with E-state index in [-0.39, 0.29) is 29.8 Å². The first-order chi connectivity index (χ1) is 15.6. The number of nitrogens with one attached hydrogen (secondary N) is 3. The molecule has 0 aromatic heterocycles. The zero-order valence-corrected chi connectivity index (χ0v) is 20.3. The van der Waals surface area contributed by atoms with Crippen molar-refractivity contribution < 1.29 is 14.4 Å². The van der Waals surface area contributed by atoms with Crippen molar-refractivity contribution in [3.63, 3.8) is 0 Å². The Balaban J connectivity index is 1.87. The number of nitrogens with zero attached hydrogens (tertiary/aromatic N) is 1. The number of carbonyl (C=O) groups excluding carboxylic acids is 3. The van der Waals surface area contributed by atoms with E-state index in [1.807, 2.05) is 25.7 Å². The third-order valence-electron chi connectivity index (χ3n) is 4.78. The van der Waals surface area contributed by atoms with Crippen molar-refractivity contribution >= 4 is 29.1 Å². The van der Waals surface area contributed by atoms with E-state index in [9.17, 15) is 14.4 Å². The second kappa shape index (κ2) is 12.0. The largest absolute Gasteiger partial charge is 0.376 e. The van der Waals surface area contributed by atoms with Crippen LogP contribution in [-0.2, 0) is 4.79 Å². The summed E-state index contributed by atoms with van der Waals surface area (Å²) in [6.45, 7) is 11.5. The Bertz CT molecular complexity index is 926. The molecule has 2 aromatic carbocycles. The SMILES string of the molecule is CCCN(CCC)C(=O)c1ccc(NCC(=O)Nc2ccc(C(=O)NC(C)(C)C)cc2)cc1. The Labute approximate surface area is 196 Å². The molecule has 7 heteroatoms.